The largest absolute Gasteiger partial charge is 0.344 e. The number of hydrogen-bond acceptors (Lipinski definition) is 5. The Morgan fingerprint density at radius 1 is 1.86 bits per heavy atom. The molecule has 0 saturated heterocycles. The molecule has 0 aliphatic heterocycles. The van der Waals surface area contributed by atoms with Gasteiger partial charge in [-0.15, -0.1) is 0 Å². The fourth-order valence-electron chi connectivity index (χ4n) is 0.883. The van der Waals surface area contributed by atoms with Crippen molar-refractivity contribution in [1.82, 2.24) is 4.98 Å². The van der Waals surface area contributed by atoms with Gasteiger partial charge in [-0.2, -0.15) is 5.26 Å². The van der Waals surface area contributed by atoms with Crippen LogP contribution in [0.25, 0.3) is 0 Å². The number of hydrogen-bond donors (Lipinski definition) is 0. The first-order chi connectivity index (χ1) is 6.53. The normalized spacial score (nSPS) is 14.4. The molecule has 1 aromatic rings. The molecule has 5 nitrogen and oxygen atoms in total. The molecule has 0 bridgehead atoms. The summed E-state index contributed by atoms with van der Waals surface area (Å²) in [6.45, 7) is 3.59. The van der Waals surface area contributed by atoms with Crippen molar-refractivity contribution in [1.29, 1.82) is 5.26 Å². The zero-order chi connectivity index (χ0) is 10.8. The van der Waals surface area contributed by atoms with E-state index >= 15 is 0 Å². The fraction of sp³-hybridized carbons (Fsp3) is 0.500. The van der Waals surface area contributed by atoms with E-state index in [0.717, 1.165) is 11.3 Å². The molecule has 1 unspecified atom stereocenters. The Hall–Kier alpha value is -1.48. The van der Waals surface area contributed by atoms with Crippen molar-refractivity contribution in [3.63, 3.8) is 0 Å². The Morgan fingerprint density at radius 2 is 2.50 bits per heavy atom. The van der Waals surface area contributed by atoms with Crippen LogP contribution in [-0.4, -0.2) is 9.91 Å². The molecule has 1 heterocycles. The lowest BCUT2D eigenvalue weighted by molar-refractivity contribution is -0.380. The van der Waals surface area contributed by atoms with Gasteiger partial charge in [0.15, 0.2) is 0 Å². The van der Waals surface area contributed by atoms with Gasteiger partial charge >= 0.3 is 5.00 Å². The third-order valence-electron chi connectivity index (χ3n) is 2.10. The summed E-state index contributed by atoms with van der Waals surface area (Å²) in [5.74, 6) is 0. The molecule has 74 valence electrons. The predicted molar refractivity (Wildman–Crippen MR) is 52.0 cm³/mol. The predicted octanol–water partition coefficient (Wildman–Crippen LogP) is 2.24. The molecule has 0 saturated carbocycles. The summed E-state index contributed by atoms with van der Waals surface area (Å²) in [5, 5.41) is 19.8. The molecule has 0 fully saturated rings. The highest BCUT2D eigenvalue weighted by Gasteiger charge is 2.29. The van der Waals surface area contributed by atoms with Crippen LogP contribution < -0.4 is 0 Å². The van der Waals surface area contributed by atoms with Crippen LogP contribution in [-0.2, 0) is 5.41 Å². The van der Waals surface area contributed by atoms with Crippen LogP contribution in [0.1, 0.15) is 25.3 Å². The maximum atomic E-state index is 10.4. The van der Waals surface area contributed by atoms with Gasteiger partial charge in [0.25, 0.3) is 0 Å². The lowest BCUT2D eigenvalue weighted by atomic mass is 9.91. The molecule has 0 amide bonds. The number of nitriles is 1. The second-order valence-corrected chi connectivity index (χ2v) is 4.07. The molecule has 1 atom stereocenters. The van der Waals surface area contributed by atoms with Crippen LogP contribution in [0.3, 0.4) is 0 Å². The quantitative estimate of drug-likeness (QED) is 0.567. The van der Waals surface area contributed by atoms with Gasteiger partial charge in [-0.1, -0.05) is 6.92 Å². The fourth-order valence-corrected chi connectivity index (χ4v) is 1.78. The summed E-state index contributed by atoms with van der Waals surface area (Å²) < 4.78 is 0. The minimum atomic E-state index is -0.709. The average molecular weight is 211 g/mol. The first-order valence-corrected chi connectivity index (χ1v) is 4.87. The standard InChI is InChI=1S/C8H9N3O2S/c1-3-8(2,5-9)7-10-4-6(14-7)11(12)13/h4H,3H2,1-2H3. The first kappa shape index (κ1) is 10.6. The summed E-state index contributed by atoms with van der Waals surface area (Å²) in [4.78, 5) is 13.8. The van der Waals surface area contributed by atoms with E-state index < -0.39 is 10.3 Å². The van der Waals surface area contributed by atoms with Crippen LogP contribution in [0, 0.1) is 21.4 Å². The molecule has 0 radical (unpaired) electrons. The third kappa shape index (κ3) is 1.72. The third-order valence-corrected chi connectivity index (χ3v) is 3.31. The molecule has 14 heavy (non-hydrogen) atoms. The molecular formula is C8H9N3O2S. The molecule has 0 aliphatic rings. The molecule has 0 N–H and O–H groups in total. The molecular weight excluding hydrogens is 202 g/mol. The minimum absolute atomic E-state index is 0.0186. The Morgan fingerprint density at radius 3 is 2.86 bits per heavy atom. The second kappa shape index (κ2) is 3.72. The Labute approximate surface area is 85.2 Å². The first-order valence-electron chi connectivity index (χ1n) is 4.05. The highest BCUT2D eigenvalue weighted by Crippen LogP contribution is 2.33. The van der Waals surface area contributed by atoms with E-state index in [2.05, 4.69) is 11.1 Å². The van der Waals surface area contributed by atoms with Gasteiger partial charge in [-0.05, 0) is 24.7 Å². The van der Waals surface area contributed by atoms with E-state index in [1.807, 2.05) is 6.92 Å². The topological polar surface area (TPSA) is 79.8 Å². The van der Waals surface area contributed by atoms with Crippen molar-refractivity contribution in [2.24, 2.45) is 0 Å². The van der Waals surface area contributed by atoms with Gasteiger partial charge in [0.05, 0.1) is 11.0 Å². The van der Waals surface area contributed by atoms with Crippen molar-refractivity contribution in [3.05, 3.63) is 21.3 Å². The summed E-state index contributed by atoms with van der Waals surface area (Å²) in [5.41, 5.74) is -0.709. The maximum absolute atomic E-state index is 10.4. The van der Waals surface area contributed by atoms with Crippen molar-refractivity contribution in [2.75, 3.05) is 0 Å². The lowest BCUT2D eigenvalue weighted by Gasteiger charge is -2.14. The van der Waals surface area contributed by atoms with Crippen molar-refractivity contribution >= 4 is 16.3 Å². The van der Waals surface area contributed by atoms with Gasteiger partial charge in [0.2, 0.25) is 0 Å². The summed E-state index contributed by atoms with van der Waals surface area (Å²) in [6.07, 6.45) is 1.79. The van der Waals surface area contributed by atoms with Crippen LogP contribution in [0.15, 0.2) is 6.20 Å². The van der Waals surface area contributed by atoms with Gasteiger partial charge < -0.3 is 0 Å². The van der Waals surface area contributed by atoms with Gasteiger partial charge in [0.1, 0.15) is 16.6 Å². The zero-order valence-corrected chi connectivity index (χ0v) is 8.67. The molecule has 1 rings (SSSR count). The summed E-state index contributed by atoms with van der Waals surface area (Å²) >= 11 is 0.964. The molecule has 0 aliphatic carbocycles. The Bertz CT molecular complexity index is 396. The maximum Gasteiger partial charge on any atom is 0.344 e. The monoisotopic (exact) mass is 211 g/mol. The highest BCUT2D eigenvalue weighted by molar-refractivity contribution is 7.15. The highest BCUT2D eigenvalue weighted by atomic mass is 32.1. The van der Waals surface area contributed by atoms with E-state index in [9.17, 15) is 10.1 Å². The lowest BCUT2D eigenvalue weighted by Crippen LogP contribution is -2.17. The van der Waals surface area contributed by atoms with Crippen molar-refractivity contribution in [3.8, 4) is 6.07 Å². The smallest absolute Gasteiger partial charge is 0.257 e. The number of rotatable bonds is 3. The number of nitro groups is 1. The average Bonchev–Trinajstić information content (AvgIpc) is 2.66. The minimum Gasteiger partial charge on any atom is -0.257 e. The summed E-state index contributed by atoms with van der Waals surface area (Å²) in [6, 6.07) is 2.12. The van der Waals surface area contributed by atoms with Crippen molar-refractivity contribution in [2.45, 2.75) is 25.7 Å². The van der Waals surface area contributed by atoms with Crippen LogP contribution >= 0.6 is 11.3 Å². The number of aromatic nitrogens is 1. The second-order valence-electron chi connectivity index (χ2n) is 3.06. The molecule has 0 spiro atoms. The van der Waals surface area contributed by atoms with Gasteiger partial charge in [-0.3, -0.25) is 10.1 Å². The number of thiazole rings is 1. The molecule has 1 aromatic heterocycles. The molecule has 0 aromatic carbocycles. The Kier molecular flexibility index (Phi) is 2.81. The Balaban J connectivity index is 3.09. The van der Waals surface area contributed by atoms with E-state index in [-0.39, 0.29) is 5.00 Å². The van der Waals surface area contributed by atoms with Gasteiger partial charge in [-0.25, -0.2) is 4.98 Å². The van der Waals surface area contributed by atoms with Crippen molar-refractivity contribution < 1.29 is 4.92 Å². The SMILES string of the molecule is CCC(C)(C#N)c1ncc([N+](=O)[O-])s1. The van der Waals surface area contributed by atoms with Crippen LogP contribution in [0.4, 0.5) is 5.00 Å². The van der Waals surface area contributed by atoms with Crippen LogP contribution in [0.5, 0.6) is 0 Å². The van der Waals surface area contributed by atoms with E-state index in [0.29, 0.717) is 11.4 Å². The van der Waals surface area contributed by atoms with E-state index in [4.69, 9.17) is 5.26 Å². The number of nitrogens with zero attached hydrogens (tertiary/aromatic N) is 3. The van der Waals surface area contributed by atoms with Gasteiger partial charge in [0, 0.05) is 0 Å². The van der Waals surface area contributed by atoms with Crippen LogP contribution in [0.2, 0.25) is 0 Å². The zero-order valence-electron chi connectivity index (χ0n) is 7.85. The summed E-state index contributed by atoms with van der Waals surface area (Å²) in [7, 11) is 0. The van der Waals surface area contributed by atoms with E-state index in [1.165, 1.54) is 6.20 Å². The molecule has 6 heteroatoms. The van der Waals surface area contributed by atoms with E-state index in [1.54, 1.807) is 6.92 Å².